The van der Waals surface area contributed by atoms with Gasteiger partial charge in [-0.2, -0.15) is 5.26 Å². The summed E-state index contributed by atoms with van der Waals surface area (Å²) in [4.78, 5) is 2.16. The molecule has 0 aliphatic carbocycles. The Labute approximate surface area is 117 Å². The first-order valence-corrected chi connectivity index (χ1v) is 6.66. The number of rotatable bonds is 4. The van der Waals surface area contributed by atoms with Crippen molar-refractivity contribution in [1.82, 2.24) is 4.90 Å². The van der Waals surface area contributed by atoms with Crippen molar-refractivity contribution in [2.45, 2.75) is 39.3 Å². The molecule has 2 atom stereocenters. The zero-order valence-electron chi connectivity index (χ0n) is 12.6. The van der Waals surface area contributed by atoms with Crippen molar-refractivity contribution in [1.29, 1.82) is 5.26 Å². The molecule has 1 aromatic carbocycles. The van der Waals surface area contributed by atoms with E-state index in [2.05, 4.69) is 38.7 Å². The molecule has 3 nitrogen and oxygen atoms in total. The summed E-state index contributed by atoms with van der Waals surface area (Å²) in [5.41, 5.74) is 6.36. The molecule has 0 amide bonds. The fraction of sp³-hybridized carbons (Fsp3) is 0.562. The van der Waals surface area contributed by atoms with Gasteiger partial charge in [0.05, 0.1) is 6.07 Å². The van der Waals surface area contributed by atoms with Crippen LogP contribution < -0.4 is 5.73 Å². The normalized spacial score (nSPS) is 16.7. The van der Waals surface area contributed by atoms with Gasteiger partial charge in [0, 0.05) is 12.6 Å². The molecule has 2 unspecified atom stereocenters. The van der Waals surface area contributed by atoms with Gasteiger partial charge >= 0.3 is 0 Å². The van der Waals surface area contributed by atoms with Crippen LogP contribution in [0.5, 0.6) is 0 Å². The third kappa shape index (κ3) is 3.79. The van der Waals surface area contributed by atoms with E-state index in [-0.39, 0.29) is 5.41 Å². The second kappa shape index (κ2) is 5.73. The van der Waals surface area contributed by atoms with E-state index in [1.54, 1.807) is 0 Å². The molecule has 0 saturated heterocycles. The number of nitrogens with zero attached hydrogens (tertiary/aromatic N) is 2. The van der Waals surface area contributed by atoms with Crippen molar-refractivity contribution in [3.8, 4) is 6.07 Å². The largest absolute Gasteiger partial charge is 0.309 e. The fourth-order valence-corrected chi connectivity index (χ4v) is 2.12. The van der Waals surface area contributed by atoms with E-state index in [0.717, 1.165) is 5.56 Å². The SMILES string of the molecule is CC(N(C)CC(N)(C#N)c1ccccc1)C(C)(C)C. The molecule has 19 heavy (non-hydrogen) atoms. The quantitative estimate of drug-likeness (QED) is 0.904. The Morgan fingerprint density at radius 3 is 2.21 bits per heavy atom. The standard InChI is InChI=1S/C16H25N3/c1-13(15(2,3)4)19(5)12-16(18,11-17)14-9-7-6-8-10-14/h6-10,13H,12,18H2,1-5H3. The van der Waals surface area contributed by atoms with Crippen molar-refractivity contribution in [2.75, 3.05) is 13.6 Å². The van der Waals surface area contributed by atoms with Gasteiger partial charge in [-0.25, -0.2) is 0 Å². The van der Waals surface area contributed by atoms with Crippen molar-refractivity contribution in [2.24, 2.45) is 11.1 Å². The van der Waals surface area contributed by atoms with E-state index < -0.39 is 5.54 Å². The lowest BCUT2D eigenvalue weighted by atomic mass is 9.85. The summed E-state index contributed by atoms with van der Waals surface area (Å²) in [5, 5.41) is 9.47. The smallest absolute Gasteiger partial charge is 0.142 e. The van der Waals surface area contributed by atoms with Crippen LogP contribution >= 0.6 is 0 Å². The molecular formula is C16H25N3. The molecule has 0 aliphatic heterocycles. The summed E-state index contributed by atoms with van der Waals surface area (Å²) in [6.07, 6.45) is 0. The monoisotopic (exact) mass is 259 g/mol. The molecule has 1 aromatic rings. The van der Waals surface area contributed by atoms with E-state index in [9.17, 15) is 5.26 Å². The maximum absolute atomic E-state index is 9.47. The van der Waals surface area contributed by atoms with E-state index in [1.807, 2.05) is 37.4 Å². The minimum absolute atomic E-state index is 0.155. The van der Waals surface area contributed by atoms with Crippen LogP contribution in [0.4, 0.5) is 0 Å². The minimum Gasteiger partial charge on any atom is -0.309 e. The average molecular weight is 259 g/mol. The highest BCUT2D eigenvalue weighted by Crippen LogP contribution is 2.26. The Balaban J connectivity index is 2.92. The van der Waals surface area contributed by atoms with Crippen molar-refractivity contribution in [3.05, 3.63) is 35.9 Å². The summed E-state index contributed by atoms with van der Waals surface area (Å²) in [5.74, 6) is 0. The zero-order chi connectivity index (χ0) is 14.7. The van der Waals surface area contributed by atoms with Crippen LogP contribution in [0, 0.1) is 16.7 Å². The molecule has 0 heterocycles. The molecule has 104 valence electrons. The van der Waals surface area contributed by atoms with Crippen molar-refractivity contribution < 1.29 is 0 Å². The van der Waals surface area contributed by atoms with Gasteiger partial charge in [-0.05, 0) is 24.9 Å². The second-order valence-electron chi connectivity index (χ2n) is 6.41. The van der Waals surface area contributed by atoms with E-state index in [4.69, 9.17) is 5.73 Å². The predicted molar refractivity (Wildman–Crippen MR) is 79.5 cm³/mol. The Morgan fingerprint density at radius 1 is 1.26 bits per heavy atom. The Kier molecular flexibility index (Phi) is 4.73. The number of hydrogen-bond acceptors (Lipinski definition) is 3. The molecule has 2 N–H and O–H groups in total. The lowest BCUT2D eigenvalue weighted by Gasteiger charge is -2.38. The molecule has 0 bridgehead atoms. The van der Waals surface area contributed by atoms with Crippen LogP contribution in [0.1, 0.15) is 33.3 Å². The molecule has 0 fully saturated rings. The first-order valence-electron chi connectivity index (χ1n) is 6.66. The van der Waals surface area contributed by atoms with Crippen LogP contribution in [0.2, 0.25) is 0 Å². The lowest BCUT2D eigenvalue weighted by molar-refractivity contribution is 0.124. The summed E-state index contributed by atoms with van der Waals surface area (Å²) in [6.45, 7) is 9.28. The summed E-state index contributed by atoms with van der Waals surface area (Å²) in [6, 6.07) is 12.2. The minimum atomic E-state index is -0.963. The number of hydrogen-bond donors (Lipinski definition) is 1. The van der Waals surface area contributed by atoms with Crippen LogP contribution in [0.15, 0.2) is 30.3 Å². The molecule has 1 rings (SSSR count). The second-order valence-corrected chi connectivity index (χ2v) is 6.41. The fourth-order valence-electron chi connectivity index (χ4n) is 2.12. The van der Waals surface area contributed by atoms with Gasteiger partial charge in [0.2, 0.25) is 0 Å². The van der Waals surface area contributed by atoms with Crippen LogP contribution in [0.25, 0.3) is 0 Å². The summed E-state index contributed by atoms with van der Waals surface area (Å²) >= 11 is 0. The van der Waals surface area contributed by atoms with Crippen molar-refractivity contribution in [3.63, 3.8) is 0 Å². The number of nitrogens with two attached hydrogens (primary N) is 1. The maximum atomic E-state index is 9.47. The summed E-state index contributed by atoms with van der Waals surface area (Å²) in [7, 11) is 2.03. The van der Waals surface area contributed by atoms with Crippen LogP contribution in [-0.4, -0.2) is 24.5 Å². The van der Waals surface area contributed by atoms with Gasteiger partial charge in [0.15, 0.2) is 0 Å². The van der Waals surface area contributed by atoms with Crippen LogP contribution in [-0.2, 0) is 5.54 Å². The third-order valence-electron chi connectivity index (χ3n) is 3.90. The van der Waals surface area contributed by atoms with Gasteiger partial charge in [0.25, 0.3) is 0 Å². The molecular weight excluding hydrogens is 234 g/mol. The van der Waals surface area contributed by atoms with Gasteiger partial charge in [-0.1, -0.05) is 51.1 Å². The molecule has 0 saturated carbocycles. The van der Waals surface area contributed by atoms with E-state index in [0.29, 0.717) is 12.6 Å². The average Bonchev–Trinajstić information content (AvgIpc) is 2.37. The van der Waals surface area contributed by atoms with E-state index >= 15 is 0 Å². The first kappa shape index (κ1) is 15.7. The topological polar surface area (TPSA) is 53.0 Å². The third-order valence-corrected chi connectivity index (χ3v) is 3.90. The zero-order valence-corrected chi connectivity index (χ0v) is 12.6. The Bertz CT molecular complexity index is 441. The molecule has 0 aliphatic rings. The van der Waals surface area contributed by atoms with E-state index in [1.165, 1.54) is 0 Å². The number of nitriles is 1. The van der Waals surface area contributed by atoms with Gasteiger partial charge < -0.3 is 5.73 Å². The highest BCUT2D eigenvalue weighted by molar-refractivity contribution is 5.31. The Morgan fingerprint density at radius 2 is 1.79 bits per heavy atom. The summed E-state index contributed by atoms with van der Waals surface area (Å²) < 4.78 is 0. The Hall–Kier alpha value is -1.37. The molecule has 0 radical (unpaired) electrons. The highest BCUT2D eigenvalue weighted by Gasteiger charge is 2.33. The molecule has 0 aromatic heterocycles. The molecule has 3 heteroatoms. The van der Waals surface area contributed by atoms with Gasteiger partial charge in [-0.3, -0.25) is 4.90 Å². The number of benzene rings is 1. The van der Waals surface area contributed by atoms with Gasteiger partial charge in [-0.15, -0.1) is 0 Å². The van der Waals surface area contributed by atoms with Crippen LogP contribution in [0.3, 0.4) is 0 Å². The predicted octanol–water partition coefficient (Wildman–Crippen LogP) is 2.73. The first-order chi connectivity index (χ1) is 8.70. The maximum Gasteiger partial charge on any atom is 0.142 e. The highest BCUT2D eigenvalue weighted by atomic mass is 15.2. The number of likely N-dealkylation sites (N-methyl/N-ethyl adjacent to an activating group) is 1. The van der Waals surface area contributed by atoms with Gasteiger partial charge in [0.1, 0.15) is 5.54 Å². The van der Waals surface area contributed by atoms with Crippen molar-refractivity contribution >= 4 is 0 Å². The molecule has 0 spiro atoms. The lowest BCUT2D eigenvalue weighted by Crippen LogP contribution is -2.50.